The number of nitriles is 1. The van der Waals surface area contributed by atoms with Crippen LogP contribution < -0.4 is 15.6 Å². The van der Waals surface area contributed by atoms with Gasteiger partial charge in [0.1, 0.15) is 28.6 Å². The molecule has 1 aliphatic rings. The maximum atomic E-state index is 13.4. The predicted molar refractivity (Wildman–Crippen MR) is 131 cm³/mol. The second-order valence-electron chi connectivity index (χ2n) is 8.28. The molecule has 1 atom stereocenters. The molecule has 35 heavy (non-hydrogen) atoms. The highest BCUT2D eigenvalue weighted by molar-refractivity contribution is 7.91. The van der Waals surface area contributed by atoms with Crippen LogP contribution >= 0.6 is 11.6 Å². The number of carbonyl (C=O) groups excluding carboxylic acids is 1. The van der Waals surface area contributed by atoms with Crippen LogP contribution in [0.25, 0.3) is 11.7 Å². The van der Waals surface area contributed by atoms with E-state index in [2.05, 4.69) is 10.3 Å². The van der Waals surface area contributed by atoms with Crippen molar-refractivity contribution < 1.29 is 17.9 Å². The van der Waals surface area contributed by atoms with E-state index < -0.39 is 27.3 Å². The number of sulfone groups is 1. The Labute approximate surface area is 206 Å². The van der Waals surface area contributed by atoms with Crippen molar-refractivity contribution in [2.24, 2.45) is 0 Å². The van der Waals surface area contributed by atoms with E-state index in [9.17, 15) is 23.3 Å². The third-order valence-corrected chi connectivity index (χ3v) is 7.81. The van der Waals surface area contributed by atoms with E-state index in [1.165, 1.54) is 10.6 Å². The Hall–Kier alpha value is -3.68. The molecule has 3 heterocycles. The Kier molecular flexibility index (Phi) is 6.65. The highest BCUT2D eigenvalue weighted by Crippen LogP contribution is 2.28. The lowest BCUT2D eigenvalue weighted by atomic mass is 10.1. The van der Waals surface area contributed by atoms with Gasteiger partial charge in [0.05, 0.1) is 11.5 Å². The first-order chi connectivity index (χ1) is 16.6. The van der Waals surface area contributed by atoms with Gasteiger partial charge in [-0.25, -0.2) is 8.42 Å². The summed E-state index contributed by atoms with van der Waals surface area (Å²) in [6.45, 7) is 3.58. The molecule has 0 aliphatic carbocycles. The molecule has 0 radical (unpaired) electrons. The highest BCUT2D eigenvalue weighted by atomic mass is 35.5. The van der Waals surface area contributed by atoms with E-state index in [-0.39, 0.29) is 34.9 Å². The Bertz CT molecular complexity index is 1590. The number of nitrogens with one attached hydrogen (secondary N) is 1. The maximum Gasteiger partial charge on any atom is 0.269 e. The zero-order valence-electron chi connectivity index (χ0n) is 18.9. The molecule has 1 aromatic carbocycles. The number of rotatable bonds is 5. The molecule has 1 amide bonds. The van der Waals surface area contributed by atoms with Crippen molar-refractivity contribution in [3.05, 3.63) is 74.2 Å². The molecule has 2 aromatic heterocycles. The van der Waals surface area contributed by atoms with Crippen molar-refractivity contribution in [3.63, 3.8) is 0 Å². The number of hydrogen-bond acceptors (Lipinski definition) is 7. The summed E-state index contributed by atoms with van der Waals surface area (Å²) in [5.41, 5.74) is 0.804. The summed E-state index contributed by atoms with van der Waals surface area (Å²) in [5, 5.41) is 12.7. The number of aryl methyl sites for hydroxylation is 2. The van der Waals surface area contributed by atoms with Crippen molar-refractivity contribution in [3.8, 4) is 17.7 Å². The monoisotopic (exact) mass is 512 g/mol. The van der Waals surface area contributed by atoms with Crippen molar-refractivity contribution in [2.75, 3.05) is 11.5 Å². The van der Waals surface area contributed by atoms with Gasteiger partial charge in [0.2, 0.25) is 5.88 Å². The van der Waals surface area contributed by atoms with E-state index in [0.717, 1.165) is 17.2 Å². The minimum atomic E-state index is -3.23. The van der Waals surface area contributed by atoms with Crippen LogP contribution in [0.4, 0.5) is 0 Å². The number of hydrogen-bond donors (Lipinski definition) is 1. The number of amides is 1. The first-order valence-corrected chi connectivity index (χ1v) is 12.9. The zero-order chi connectivity index (χ0) is 25.3. The summed E-state index contributed by atoms with van der Waals surface area (Å²) in [7, 11) is -3.23. The third-order valence-electron chi connectivity index (χ3n) is 5.61. The van der Waals surface area contributed by atoms with Crippen LogP contribution in [0.1, 0.15) is 23.1 Å². The minimum absolute atomic E-state index is 0.0304. The van der Waals surface area contributed by atoms with Gasteiger partial charge in [0.15, 0.2) is 9.84 Å². The van der Waals surface area contributed by atoms with Crippen LogP contribution in [-0.2, 0) is 14.6 Å². The topological polar surface area (TPSA) is 131 Å². The molecule has 3 aromatic rings. The maximum absolute atomic E-state index is 13.4. The second-order valence-corrected chi connectivity index (χ2v) is 10.9. The van der Waals surface area contributed by atoms with E-state index in [4.69, 9.17) is 16.3 Å². The number of carbonyl (C=O) groups is 1. The fourth-order valence-electron chi connectivity index (χ4n) is 3.75. The fourth-order valence-corrected chi connectivity index (χ4v) is 5.54. The quantitative estimate of drug-likeness (QED) is 0.410. The lowest BCUT2D eigenvalue weighted by molar-refractivity contribution is -0.117. The number of fused-ring (bicyclic) bond motifs is 1. The van der Waals surface area contributed by atoms with Crippen LogP contribution in [0, 0.1) is 25.2 Å². The Morgan fingerprint density at radius 2 is 2.09 bits per heavy atom. The molecule has 0 spiro atoms. The molecule has 0 bridgehead atoms. The summed E-state index contributed by atoms with van der Waals surface area (Å²) in [4.78, 5) is 30.6. The molecular formula is C24H21ClN4O5S. The molecule has 1 aliphatic heterocycles. The average molecular weight is 513 g/mol. The van der Waals surface area contributed by atoms with E-state index in [1.54, 1.807) is 50.2 Å². The number of aromatic nitrogens is 2. The number of nitrogens with zero attached hydrogens (tertiary/aromatic N) is 3. The van der Waals surface area contributed by atoms with Gasteiger partial charge in [0, 0.05) is 17.3 Å². The molecule has 1 saturated heterocycles. The highest BCUT2D eigenvalue weighted by Gasteiger charge is 2.30. The smallest absolute Gasteiger partial charge is 0.269 e. The summed E-state index contributed by atoms with van der Waals surface area (Å²) in [6.07, 6.45) is 2.90. The van der Waals surface area contributed by atoms with Crippen molar-refractivity contribution in [1.82, 2.24) is 14.7 Å². The van der Waals surface area contributed by atoms with Crippen LogP contribution in [0.3, 0.4) is 0 Å². The van der Waals surface area contributed by atoms with Gasteiger partial charge < -0.3 is 10.1 Å². The number of benzene rings is 1. The molecule has 4 rings (SSSR count). The lowest BCUT2D eigenvalue weighted by Crippen LogP contribution is -2.36. The van der Waals surface area contributed by atoms with E-state index >= 15 is 0 Å². The zero-order valence-corrected chi connectivity index (χ0v) is 20.5. The standard InChI is InChI=1S/C24H21ClN4O5S/c1-14-4-3-8-29-21(14)28-23(34-18-5-6-20(25)15(2)10-18)19(24(29)31)11-16(12-26)22(30)27-17-7-9-35(32,33)13-17/h3-6,8,10-11,17H,7,9,13H2,1-2H3,(H,27,30)/b16-11+. The molecule has 9 nitrogen and oxygen atoms in total. The summed E-state index contributed by atoms with van der Waals surface area (Å²) in [6, 6.07) is 9.59. The van der Waals surface area contributed by atoms with E-state index in [1.807, 2.05) is 0 Å². The first-order valence-electron chi connectivity index (χ1n) is 10.7. The van der Waals surface area contributed by atoms with Gasteiger partial charge in [-0.2, -0.15) is 10.2 Å². The number of pyridine rings is 1. The average Bonchev–Trinajstić information content (AvgIpc) is 3.14. The van der Waals surface area contributed by atoms with Crippen molar-refractivity contribution >= 4 is 39.1 Å². The Morgan fingerprint density at radius 1 is 1.31 bits per heavy atom. The van der Waals surface area contributed by atoms with Gasteiger partial charge >= 0.3 is 0 Å². The summed E-state index contributed by atoms with van der Waals surface area (Å²) < 4.78 is 30.6. The first kappa shape index (κ1) is 24.4. The van der Waals surface area contributed by atoms with Crippen molar-refractivity contribution in [1.29, 1.82) is 5.26 Å². The van der Waals surface area contributed by atoms with Crippen LogP contribution in [0.15, 0.2) is 46.9 Å². The fraction of sp³-hybridized carbons (Fsp3) is 0.250. The molecular weight excluding hydrogens is 492 g/mol. The largest absolute Gasteiger partial charge is 0.438 e. The van der Waals surface area contributed by atoms with Gasteiger partial charge in [-0.15, -0.1) is 0 Å². The number of ether oxygens (including phenoxy) is 1. The van der Waals surface area contributed by atoms with Gasteiger partial charge in [-0.05, 0) is 61.7 Å². The lowest BCUT2D eigenvalue weighted by Gasteiger charge is -2.13. The normalized spacial score (nSPS) is 17.2. The van der Waals surface area contributed by atoms with Gasteiger partial charge in [-0.3, -0.25) is 14.0 Å². The summed E-state index contributed by atoms with van der Waals surface area (Å²) in [5.74, 6) is -0.726. The Morgan fingerprint density at radius 3 is 2.74 bits per heavy atom. The van der Waals surface area contributed by atoms with Crippen molar-refractivity contribution in [2.45, 2.75) is 26.3 Å². The van der Waals surface area contributed by atoms with E-state index in [0.29, 0.717) is 16.4 Å². The Balaban J connectivity index is 1.80. The van der Waals surface area contributed by atoms with Gasteiger partial charge in [-0.1, -0.05) is 17.7 Å². The molecule has 1 unspecified atom stereocenters. The van der Waals surface area contributed by atoms with Crippen LogP contribution in [0.2, 0.25) is 5.02 Å². The predicted octanol–water partition coefficient (Wildman–Crippen LogP) is 2.97. The van der Waals surface area contributed by atoms with Crippen LogP contribution in [-0.4, -0.2) is 41.3 Å². The summed E-state index contributed by atoms with van der Waals surface area (Å²) >= 11 is 6.10. The molecule has 1 fully saturated rings. The molecule has 1 N–H and O–H groups in total. The number of halogens is 1. The second kappa shape index (κ2) is 9.52. The van der Waals surface area contributed by atoms with Gasteiger partial charge in [0.25, 0.3) is 11.5 Å². The molecule has 0 saturated carbocycles. The minimum Gasteiger partial charge on any atom is -0.438 e. The molecule has 180 valence electrons. The third kappa shape index (κ3) is 5.21. The molecule has 11 heteroatoms. The SMILES string of the molecule is Cc1cc(Oc2nc3c(C)cccn3c(=O)c2/C=C(\C#N)C(=O)NC2CCS(=O)(=O)C2)ccc1Cl. The van der Waals surface area contributed by atoms with Crippen LogP contribution in [0.5, 0.6) is 11.6 Å².